The van der Waals surface area contributed by atoms with Crippen LogP contribution in [0.25, 0.3) is 90.9 Å². The van der Waals surface area contributed by atoms with Gasteiger partial charge in [-0.15, -0.1) is 0 Å². The molecule has 5 aliphatic heterocycles. The molecule has 0 radical (unpaired) electrons. The second kappa shape index (κ2) is 24.1. The number of aromatic nitrogens is 5. The molecule has 0 spiro atoms. The molecule has 0 saturated carbocycles. The van der Waals surface area contributed by atoms with Crippen LogP contribution in [0, 0.1) is 0 Å². The highest BCUT2D eigenvalue weighted by Crippen LogP contribution is 2.43. The number of pyridine rings is 1. The predicted octanol–water partition coefficient (Wildman–Crippen LogP) is 10.4. The maximum Gasteiger partial charge on any atom is 0.238 e. The largest absolute Gasteiger partial charge is 0.354 e. The SMILES string of the molecule is O=C(CNCc1ccncc1)Nc1ccccc1-c1c2nc(c3c4ccc([nH]4)c4c5nc(c(c6ccc1[nH]6)-c1ccccc1NC(=O)CN1CCCN(CCCN(CCC1)CC(=O)Nc1ccccc1-4)CC(=O)Nc1ccccc1-3)C=C5)C=C2. The first-order chi connectivity index (χ1) is 41.2. The number of carbonyl (C=O) groups excluding carboxylic acids is 4. The van der Waals surface area contributed by atoms with E-state index in [9.17, 15) is 19.2 Å². The molecule has 4 aromatic heterocycles. The third-order valence-corrected chi connectivity index (χ3v) is 15.9. The number of benzene rings is 4. The Bertz CT molecular complexity index is 4050. The molecule has 8 aromatic rings. The van der Waals surface area contributed by atoms with Crippen molar-refractivity contribution < 1.29 is 19.2 Å². The van der Waals surface area contributed by atoms with Gasteiger partial charge in [0.05, 0.1) is 49.0 Å². The molecule has 1 saturated heterocycles. The highest BCUT2D eigenvalue weighted by molar-refractivity contribution is 6.08. The summed E-state index contributed by atoms with van der Waals surface area (Å²) in [6.07, 6.45) is 13.7. The summed E-state index contributed by atoms with van der Waals surface area (Å²) in [5.74, 6) is -0.729. The monoisotopic (exact) mass is 1110 g/mol. The summed E-state index contributed by atoms with van der Waals surface area (Å²) in [4.78, 5) is 87.3. The van der Waals surface area contributed by atoms with Gasteiger partial charge in [0.25, 0.3) is 0 Å². The molecule has 13 rings (SSSR count). The molecule has 1 fully saturated rings. The Morgan fingerprint density at radius 2 is 0.798 bits per heavy atom. The van der Waals surface area contributed by atoms with Gasteiger partial charge in [-0.2, -0.15) is 0 Å². The van der Waals surface area contributed by atoms with Crippen LogP contribution >= 0.6 is 0 Å². The predicted molar refractivity (Wildman–Crippen MR) is 334 cm³/mol. The van der Waals surface area contributed by atoms with E-state index in [1.165, 1.54) is 0 Å². The van der Waals surface area contributed by atoms with Crippen molar-refractivity contribution in [3.05, 3.63) is 174 Å². The Kier molecular flexibility index (Phi) is 15.4. The zero-order chi connectivity index (χ0) is 56.9. The lowest BCUT2D eigenvalue weighted by atomic mass is 10.0. The van der Waals surface area contributed by atoms with E-state index in [1.807, 2.05) is 158 Å². The summed E-state index contributed by atoms with van der Waals surface area (Å²) in [5, 5.41) is 16.5. The smallest absolute Gasteiger partial charge is 0.238 e. The summed E-state index contributed by atoms with van der Waals surface area (Å²) >= 11 is 0. The van der Waals surface area contributed by atoms with Gasteiger partial charge in [0.15, 0.2) is 0 Å². The van der Waals surface area contributed by atoms with Crippen molar-refractivity contribution >= 4 is 92.7 Å². The minimum Gasteiger partial charge on any atom is -0.354 e. The average molecular weight is 1110 g/mol. The van der Waals surface area contributed by atoms with Gasteiger partial charge in [-0.25, -0.2) is 9.97 Å². The zero-order valence-electron chi connectivity index (χ0n) is 46.4. The molecular weight excluding hydrogens is 1050 g/mol. The summed E-state index contributed by atoms with van der Waals surface area (Å²) < 4.78 is 0. The molecule has 4 amide bonds. The first-order valence-corrected chi connectivity index (χ1v) is 28.7. The molecule has 0 aliphatic carbocycles. The summed E-state index contributed by atoms with van der Waals surface area (Å²) in [5.41, 5.74) is 14.6. The van der Waals surface area contributed by atoms with Crippen LogP contribution in [0.3, 0.4) is 0 Å². The maximum absolute atomic E-state index is 14.7. The van der Waals surface area contributed by atoms with Crippen LogP contribution in [0.2, 0.25) is 0 Å². The number of anilines is 4. The van der Waals surface area contributed by atoms with Gasteiger partial charge in [0.1, 0.15) is 0 Å². The standard InChI is InChI=1S/C67H63N13O4/c81-60(39-69-38-43-28-30-68-31-29-43)74-48-16-5-1-12-44(48)64-52-20-22-54(70-52)65-45-13-2-6-17-49(45)75-61(82)40-78-32-9-33-79-35-11-37-80(36-10-34-78)42-63(84)77-51-19-8-4-15-47(51)67(58-26-24-56(65)72-58)59-27-25-57(73-59)66(55-23-21-53(64)71-55)46-14-3-7-18-50(46)76-62(83)41-79/h1-8,12-31,69-70,73H,9-11,32-42H2,(H,74,81)(H,75,82)(H,76,83)(H,77,84). The number of carbonyl (C=O) groups is 4. The summed E-state index contributed by atoms with van der Waals surface area (Å²) in [6, 6.07) is 43.2. The van der Waals surface area contributed by atoms with Crippen LogP contribution in [0.5, 0.6) is 0 Å². The fraction of sp³-hybridized carbons (Fsp3) is 0.209. The lowest BCUT2D eigenvalue weighted by Gasteiger charge is -2.29. The third kappa shape index (κ3) is 11.6. The highest BCUT2D eigenvalue weighted by atomic mass is 16.2. The molecule has 4 aromatic carbocycles. The minimum absolute atomic E-state index is 0.0564. The normalized spacial score (nSPS) is 18.0. The molecular formula is C67H63N13O4. The molecule has 84 heavy (non-hydrogen) atoms. The molecule has 9 heterocycles. The Labute approximate surface area is 486 Å². The van der Waals surface area contributed by atoms with E-state index in [0.717, 1.165) is 58.2 Å². The number of H-pyrrole nitrogens is 2. The second-order valence-corrected chi connectivity index (χ2v) is 21.7. The van der Waals surface area contributed by atoms with Crippen molar-refractivity contribution in [2.24, 2.45) is 0 Å². The van der Waals surface area contributed by atoms with Crippen LogP contribution < -0.4 is 26.6 Å². The fourth-order valence-electron chi connectivity index (χ4n) is 12.1. The molecule has 17 heteroatoms. The average Bonchev–Trinajstić information content (AvgIpc) is 4.51. The minimum atomic E-state index is -0.227. The van der Waals surface area contributed by atoms with Crippen molar-refractivity contribution in [3.8, 4) is 44.5 Å². The van der Waals surface area contributed by atoms with Crippen LogP contribution in [0.4, 0.5) is 22.7 Å². The number of nitrogens with one attached hydrogen (secondary N) is 7. The van der Waals surface area contributed by atoms with Gasteiger partial charge in [-0.1, -0.05) is 72.8 Å². The lowest BCUT2D eigenvalue weighted by Crippen LogP contribution is -2.42. The van der Waals surface area contributed by atoms with Gasteiger partial charge >= 0.3 is 0 Å². The van der Waals surface area contributed by atoms with Crippen LogP contribution in [-0.4, -0.2) is 129 Å². The van der Waals surface area contributed by atoms with Gasteiger partial charge < -0.3 is 36.6 Å². The van der Waals surface area contributed by atoms with Crippen LogP contribution in [-0.2, 0) is 25.7 Å². The number of aromatic amines is 2. The molecule has 14 bridgehead atoms. The number of fused-ring (bicyclic) bond motifs is 18. The van der Waals surface area contributed by atoms with Gasteiger partial charge in [0, 0.05) is 108 Å². The van der Waals surface area contributed by atoms with E-state index in [-0.39, 0.29) is 49.8 Å². The third-order valence-electron chi connectivity index (χ3n) is 15.9. The lowest BCUT2D eigenvalue weighted by molar-refractivity contribution is -0.117. The maximum atomic E-state index is 14.7. The zero-order valence-corrected chi connectivity index (χ0v) is 46.4. The topological polar surface area (TPSA) is 208 Å². The number of hydrogen-bond acceptors (Lipinski definition) is 11. The molecule has 3 unspecified atom stereocenters. The van der Waals surface area contributed by atoms with Crippen molar-refractivity contribution in [1.29, 1.82) is 0 Å². The highest BCUT2D eigenvalue weighted by Gasteiger charge is 2.26. The molecule has 3 atom stereocenters. The number of para-hydroxylation sites is 4. The Morgan fingerprint density at radius 3 is 1.20 bits per heavy atom. The first kappa shape index (κ1) is 53.6. The Hall–Kier alpha value is -9.65. The van der Waals surface area contributed by atoms with Crippen molar-refractivity contribution in [3.63, 3.8) is 0 Å². The summed E-state index contributed by atoms with van der Waals surface area (Å²) in [7, 11) is 0. The van der Waals surface area contributed by atoms with Gasteiger partial charge in [-0.3, -0.25) is 38.9 Å². The van der Waals surface area contributed by atoms with E-state index in [2.05, 4.69) is 56.2 Å². The Balaban J connectivity index is 1.12. The van der Waals surface area contributed by atoms with E-state index in [4.69, 9.17) is 9.97 Å². The quantitative estimate of drug-likeness (QED) is 0.0833. The number of rotatable bonds is 6. The Morgan fingerprint density at radius 1 is 0.440 bits per heavy atom. The van der Waals surface area contributed by atoms with Crippen LogP contribution in [0.1, 0.15) is 47.6 Å². The van der Waals surface area contributed by atoms with Crippen molar-refractivity contribution in [2.45, 2.75) is 25.8 Å². The summed E-state index contributed by atoms with van der Waals surface area (Å²) in [6.45, 7) is 4.70. The first-order valence-electron chi connectivity index (χ1n) is 28.7. The van der Waals surface area contributed by atoms with Crippen molar-refractivity contribution in [1.82, 2.24) is 44.9 Å². The van der Waals surface area contributed by atoms with Gasteiger partial charge in [0.2, 0.25) is 23.6 Å². The van der Waals surface area contributed by atoms with E-state index in [0.29, 0.717) is 125 Å². The number of nitrogens with zero attached hydrogens (tertiary/aromatic N) is 6. The van der Waals surface area contributed by atoms with E-state index in [1.54, 1.807) is 12.4 Å². The number of amides is 4. The van der Waals surface area contributed by atoms with Crippen molar-refractivity contribution in [2.75, 3.05) is 86.7 Å². The van der Waals surface area contributed by atoms with Crippen LogP contribution in [0.15, 0.2) is 146 Å². The molecule has 7 N–H and O–H groups in total. The van der Waals surface area contributed by atoms with E-state index < -0.39 is 0 Å². The molecule has 5 aliphatic rings. The number of hydrogen-bond donors (Lipinski definition) is 7. The second-order valence-electron chi connectivity index (χ2n) is 21.7. The molecule has 420 valence electrons. The molecule has 17 nitrogen and oxygen atoms in total. The fourth-order valence-corrected chi connectivity index (χ4v) is 12.1. The van der Waals surface area contributed by atoms with Gasteiger partial charge in [-0.05, 0) is 149 Å². The van der Waals surface area contributed by atoms with E-state index >= 15 is 0 Å².